The fraction of sp³-hybridized carbons (Fsp3) is 0.476. The molecule has 5 rings (SSSR count). The van der Waals surface area contributed by atoms with Crippen LogP contribution >= 0.6 is 27.3 Å². The van der Waals surface area contributed by atoms with E-state index in [-0.39, 0.29) is 27.5 Å². The third-order valence-corrected chi connectivity index (χ3v) is 8.23. The molecular weight excluding hydrogens is 493 g/mol. The molecule has 1 amide bonds. The summed E-state index contributed by atoms with van der Waals surface area (Å²) >= 11 is 4.58. The average molecular weight is 513 g/mol. The maximum atomic E-state index is 13.8. The van der Waals surface area contributed by atoms with Gasteiger partial charge in [-0.05, 0) is 77.4 Å². The van der Waals surface area contributed by atoms with E-state index in [0.29, 0.717) is 21.2 Å². The number of aromatic nitrogens is 3. The number of carbonyl (C=O) groups is 1. The molecule has 0 spiro atoms. The summed E-state index contributed by atoms with van der Waals surface area (Å²) in [6.07, 6.45) is 0.120. The topological polar surface area (TPSA) is 59.3 Å². The number of rotatable bonds is 4. The number of nitrogens with one attached hydrogen (secondary N) is 1. The van der Waals surface area contributed by atoms with Crippen LogP contribution < -0.4 is 5.32 Å². The minimum atomic E-state index is -4.65. The second-order valence-corrected chi connectivity index (χ2v) is 10.2. The number of alkyl halides is 3. The quantitative estimate of drug-likeness (QED) is 0.480. The van der Waals surface area contributed by atoms with Gasteiger partial charge in [0.15, 0.2) is 17.0 Å². The van der Waals surface area contributed by atoms with Crippen molar-refractivity contribution in [1.29, 1.82) is 0 Å². The van der Waals surface area contributed by atoms with Crippen LogP contribution in [-0.4, -0.2) is 26.5 Å². The number of hydrogen-bond donors (Lipinski definition) is 1. The van der Waals surface area contributed by atoms with Crippen LogP contribution in [0.4, 0.5) is 13.2 Å². The molecule has 0 saturated heterocycles. The Hall–Kier alpha value is -1.94. The van der Waals surface area contributed by atoms with Gasteiger partial charge in [-0.3, -0.25) is 4.79 Å². The molecule has 5 nitrogen and oxygen atoms in total. The van der Waals surface area contributed by atoms with E-state index < -0.39 is 17.8 Å². The van der Waals surface area contributed by atoms with Crippen molar-refractivity contribution in [2.45, 2.75) is 44.8 Å². The molecule has 2 bridgehead atoms. The summed E-state index contributed by atoms with van der Waals surface area (Å²) in [5, 5.41) is 8.75. The number of halogens is 4. The Morgan fingerprint density at radius 2 is 2.16 bits per heavy atom. The van der Waals surface area contributed by atoms with Gasteiger partial charge in [-0.2, -0.15) is 18.3 Å². The molecule has 0 radical (unpaired) electrons. The van der Waals surface area contributed by atoms with E-state index in [0.717, 1.165) is 18.4 Å². The Morgan fingerprint density at radius 3 is 2.77 bits per heavy atom. The number of carbonyl (C=O) groups excluding carboxylic acids is 1. The third-order valence-electron chi connectivity index (χ3n) is 6.61. The maximum absolute atomic E-state index is 13.8. The van der Waals surface area contributed by atoms with Crippen LogP contribution in [0.1, 0.15) is 48.8 Å². The molecule has 3 aromatic heterocycles. The highest BCUT2D eigenvalue weighted by Crippen LogP contribution is 2.49. The molecule has 31 heavy (non-hydrogen) atoms. The number of fused-ring (bicyclic) bond motifs is 3. The summed E-state index contributed by atoms with van der Waals surface area (Å²) in [5.74, 6) is 1.29. The van der Waals surface area contributed by atoms with Crippen LogP contribution in [0.3, 0.4) is 0 Å². The van der Waals surface area contributed by atoms with Crippen LogP contribution in [0.25, 0.3) is 16.2 Å². The van der Waals surface area contributed by atoms with Gasteiger partial charge in [-0.15, -0.1) is 11.3 Å². The molecule has 2 aliphatic carbocycles. The maximum Gasteiger partial charge on any atom is 0.433 e. The van der Waals surface area contributed by atoms with Crippen molar-refractivity contribution in [3.05, 3.63) is 39.4 Å². The molecule has 2 aliphatic rings. The van der Waals surface area contributed by atoms with Gasteiger partial charge in [0.25, 0.3) is 5.91 Å². The minimum Gasteiger partial charge on any atom is -0.348 e. The monoisotopic (exact) mass is 512 g/mol. The van der Waals surface area contributed by atoms with E-state index in [1.807, 2.05) is 6.92 Å². The lowest BCUT2D eigenvalue weighted by Gasteiger charge is -2.28. The van der Waals surface area contributed by atoms with Gasteiger partial charge in [0.05, 0.1) is 15.0 Å². The van der Waals surface area contributed by atoms with Crippen molar-refractivity contribution in [3.8, 4) is 10.6 Å². The van der Waals surface area contributed by atoms with E-state index >= 15 is 0 Å². The average Bonchev–Trinajstić information content (AvgIpc) is 3.51. The Kier molecular flexibility index (Phi) is 5.12. The van der Waals surface area contributed by atoms with Crippen LogP contribution in [0, 0.1) is 17.8 Å². The number of amides is 1. The largest absolute Gasteiger partial charge is 0.433 e. The lowest BCUT2D eigenvalue weighted by molar-refractivity contribution is -0.142. The second kappa shape index (κ2) is 7.58. The predicted molar refractivity (Wildman–Crippen MR) is 115 cm³/mol. The smallest absolute Gasteiger partial charge is 0.348 e. The molecule has 10 heteroatoms. The van der Waals surface area contributed by atoms with Crippen LogP contribution in [0.5, 0.6) is 0 Å². The van der Waals surface area contributed by atoms with Gasteiger partial charge in [0, 0.05) is 6.04 Å². The van der Waals surface area contributed by atoms with E-state index in [1.54, 1.807) is 17.5 Å². The fourth-order valence-corrected chi connectivity index (χ4v) is 6.38. The lowest BCUT2D eigenvalue weighted by Crippen LogP contribution is -2.40. The molecule has 2 saturated carbocycles. The van der Waals surface area contributed by atoms with E-state index in [9.17, 15) is 18.0 Å². The van der Waals surface area contributed by atoms with Crippen LogP contribution in [-0.2, 0) is 6.18 Å². The van der Waals surface area contributed by atoms with Crippen LogP contribution in [0.15, 0.2) is 28.1 Å². The van der Waals surface area contributed by atoms with E-state index in [2.05, 4.69) is 31.3 Å². The summed E-state index contributed by atoms with van der Waals surface area (Å²) in [6, 6.07) is 4.37. The highest BCUT2D eigenvalue weighted by molar-refractivity contribution is 9.10. The van der Waals surface area contributed by atoms with Crippen molar-refractivity contribution >= 4 is 38.8 Å². The van der Waals surface area contributed by atoms with Gasteiger partial charge in [-0.25, -0.2) is 9.50 Å². The van der Waals surface area contributed by atoms with Crippen molar-refractivity contribution in [2.24, 2.45) is 17.8 Å². The van der Waals surface area contributed by atoms with Gasteiger partial charge < -0.3 is 5.32 Å². The first-order valence-electron chi connectivity index (χ1n) is 10.2. The minimum absolute atomic E-state index is 0.0315. The highest BCUT2D eigenvalue weighted by Gasteiger charge is 2.42. The Bertz CT molecular complexity index is 1140. The summed E-state index contributed by atoms with van der Waals surface area (Å²) < 4.78 is 42.2. The van der Waals surface area contributed by atoms with Crippen molar-refractivity contribution < 1.29 is 18.0 Å². The predicted octanol–water partition coefficient (Wildman–Crippen LogP) is 5.79. The first-order chi connectivity index (χ1) is 14.7. The van der Waals surface area contributed by atoms with Gasteiger partial charge >= 0.3 is 6.18 Å². The Morgan fingerprint density at radius 1 is 1.35 bits per heavy atom. The fourth-order valence-electron chi connectivity index (χ4n) is 5.18. The molecule has 2 fully saturated rings. The zero-order valence-electron chi connectivity index (χ0n) is 16.6. The highest BCUT2D eigenvalue weighted by atomic mass is 79.9. The zero-order valence-corrected chi connectivity index (χ0v) is 19.0. The molecular formula is C21H20BrF3N4OS. The third kappa shape index (κ3) is 3.67. The molecule has 1 N–H and O–H groups in total. The summed E-state index contributed by atoms with van der Waals surface area (Å²) in [6.45, 7) is 1.97. The standard InChI is InChI=1S/C21H20BrF3N4OS/c1-10(13-8-11-4-5-12(13)7-11)26-20(30)18-17(22)19-27-14(15-3-2-6-31-15)9-16(21(23,24)25)29(19)28-18/h2-3,6,9-13H,4-5,7-8H2,1H3,(H,26,30)/t10-,11+,12+,13+/m1/s1. The van der Waals surface area contributed by atoms with Crippen molar-refractivity contribution in [3.63, 3.8) is 0 Å². The Labute approximate surface area is 189 Å². The summed E-state index contributed by atoms with van der Waals surface area (Å²) in [4.78, 5) is 17.9. The normalized spacial score (nSPS) is 24.1. The summed E-state index contributed by atoms with van der Waals surface area (Å²) in [7, 11) is 0. The molecule has 0 unspecified atom stereocenters. The lowest BCUT2D eigenvalue weighted by atomic mass is 9.84. The second-order valence-electron chi connectivity index (χ2n) is 8.50. The number of thiophene rings is 1. The zero-order chi connectivity index (χ0) is 21.9. The molecule has 4 atom stereocenters. The molecule has 0 aromatic carbocycles. The molecule has 3 heterocycles. The Balaban J connectivity index is 1.50. The number of hydrogen-bond acceptors (Lipinski definition) is 4. The first-order valence-corrected chi connectivity index (χ1v) is 11.9. The van der Waals surface area contributed by atoms with Gasteiger partial charge in [0.1, 0.15) is 0 Å². The van der Waals surface area contributed by atoms with Crippen molar-refractivity contribution in [2.75, 3.05) is 0 Å². The van der Waals surface area contributed by atoms with Crippen LogP contribution in [0.2, 0.25) is 0 Å². The SMILES string of the molecule is C[C@@H](NC(=O)c1nn2c(C(F)(F)F)cc(-c3cccs3)nc2c1Br)[C@@H]1C[C@H]2CC[C@H]1C2. The van der Waals surface area contributed by atoms with Crippen molar-refractivity contribution in [1.82, 2.24) is 19.9 Å². The first kappa shape index (κ1) is 20.9. The number of nitrogens with zero attached hydrogens (tertiary/aromatic N) is 3. The molecule has 3 aromatic rings. The molecule has 0 aliphatic heterocycles. The summed E-state index contributed by atoms with van der Waals surface area (Å²) in [5.41, 5.74) is -0.896. The van der Waals surface area contributed by atoms with Gasteiger partial charge in [-0.1, -0.05) is 12.5 Å². The van der Waals surface area contributed by atoms with E-state index in [1.165, 1.54) is 30.6 Å². The van der Waals surface area contributed by atoms with Gasteiger partial charge in [0.2, 0.25) is 0 Å². The van der Waals surface area contributed by atoms with E-state index in [4.69, 9.17) is 0 Å². The molecule has 164 valence electrons.